The third kappa shape index (κ3) is 5.51. The summed E-state index contributed by atoms with van der Waals surface area (Å²) in [5, 5.41) is 4.55. The number of nitrogens with one attached hydrogen (secondary N) is 2. The van der Waals surface area contributed by atoms with Gasteiger partial charge < -0.3 is 15.4 Å². The van der Waals surface area contributed by atoms with Crippen LogP contribution in [0.4, 0.5) is 18.9 Å². The zero-order chi connectivity index (χ0) is 19.2. The van der Waals surface area contributed by atoms with Crippen molar-refractivity contribution >= 4 is 17.5 Å². The van der Waals surface area contributed by atoms with Gasteiger partial charge in [0.1, 0.15) is 5.75 Å². The summed E-state index contributed by atoms with van der Waals surface area (Å²) in [5.74, 6) is -1.31. The fourth-order valence-corrected chi connectivity index (χ4v) is 2.09. The molecular weight excluding hydrogens is 349 g/mol. The van der Waals surface area contributed by atoms with Crippen LogP contribution in [0, 0.1) is 0 Å². The van der Waals surface area contributed by atoms with Gasteiger partial charge in [0.15, 0.2) is 0 Å². The van der Waals surface area contributed by atoms with E-state index in [4.69, 9.17) is 4.74 Å². The smallest absolute Gasteiger partial charge is 0.416 e. The average molecular weight is 366 g/mol. The normalized spacial score (nSPS) is 10.9. The lowest BCUT2D eigenvalue weighted by atomic mass is 10.2. The minimum atomic E-state index is -4.53. The van der Waals surface area contributed by atoms with E-state index >= 15 is 0 Å². The Labute approximate surface area is 148 Å². The summed E-state index contributed by atoms with van der Waals surface area (Å²) in [6.45, 7) is 2.49. The molecule has 0 heterocycles. The number of carbonyl (C=O) groups excluding carboxylic acids is 2. The van der Waals surface area contributed by atoms with Crippen LogP contribution >= 0.6 is 0 Å². The molecule has 138 valence electrons. The molecule has 5 nitrogen and oxygen atoms in total. The number of halogens is 3. The first-order valence-corrected chi connectivity index (χ1v) is 7.77. The van der Waals surface area contributed by atoms with Gasteiger partial charge in [-0.15, -0.1) is 0 Å². The Morgan fingerprint density at radius 1 is 1.04 bits per heavy atom. The molecule has 0 aliphatic carbocycles. The molecule has 0 fully saturated rings. The standard InChI is InChI=1S/C18H17F3N2O3/c1-2-26-15-8-6-12(7-9-15)11-22-16(24)17(25)23-14-5-3-4-13(10-14)18(19,20)21/h3-10H,2,11H2,1H3,(H,22,24)(H,23,25). The van der Waals surface area contributed by atoms with Gasteiger partial charge in [0.05, 0.1) is 12.2 Å². The lowest BCUT2D eigenvalue weighted by Crippen LogP contribution is -2.35. The lowest BCUT2D eigenvalue weighted by Gasteiger charge is -2.10. The van der Waals surface area contributed by atoms with Crippen molar-refractivity contribution in [2.24, 2.45) is 0 Å². The van der Waals surface area contributed by atoms with Crippen molar-refractivity contribution < 1.29 is 27.5 Å². The Morgan fingerprint density at radius 2 is 1.73 bits per heavy atom. The fraction of sp³-hybridized carbons (Fsp3) is 0.222. The molecule has 0 aliphatic heterocycles. The van der Waals surface area contributed by atoms with Crippen LogP contribution in [0.2, 0.25) is 0 Å². The van der Waals surface area contributed by atoms with Crippen molar-refractivity contribution in [2.75, 3.05) is 11.9 Å². The lowest BCUT2D eigenvalue weighted by molar-refractivity contribution is -0.137. The molecule has 2 aromatic carbocycles. The number of benzene rings is 2. The quantitative estimate of drug-likeness (QED) is 0.798. The second kappa shape index (κ2) is 8.37. The Balaban J connectivity index is 1.90. The molecule has 0 radical (unpaired) electrons. The van der Waals surface area contributed by atoms with Crippen molar-refractivity contribution in [3.05, 3.63) is 59.7 Å². The third-order valence-electron chi connectivity index (χ3n) is 3.34. The summed E-state index contributed by atoms with van der Waals surface area (Å²) in [5.41, 5.74) is -0.278. The van der Waals surface area contributed by atoms with Crippen molar-refractivity contribution in [3.63, 3.8) is 0 Å². The summed E-state index contributed by atoms with van der Waals surface area (Å²) in [6, 6.07) is 11.0. The molecule has 0 aromatic heterocycles. The van der Waals surface area contributed by atoms with E-state index in [1.807, 2.05) is 6.92 Å². The van der Waals surface area contributed by atoms with Gasteiger partial charge in [-0.3, -0.25) is 9.59 Å². The van der Waals surface area contributed by atoms with Crippen molar-refractivity contribution in [3.8, 4) is 5.75 Å². The summed E-state index contributed by atoms with van der Waals surface area (Å²) in [7, 11) is 0. The number of anilines is 1. The van der Waals surface area contributed by atoms with Crippen LogP contribution in [0.3, 0.4) is 0 Å². The number of carbonyl (C=O) groups is 2. The second-order valence-electron chi connectivity index (χ2n) is 5.29. The molecule has 0 atom stereocenters. The van der Waals surface area contributed by atoms with Crippen molar-refractivity contribution in [1.82, 2.24) is 5.32 Å². The maximum absolute atomic E-state index is 12.6. The number of alkyl halides is 3. The first-order valence-electron chi connectivity index (χ1n) is 7.77. The number of rotatable bonds is 5. The largest absolute Gasteiger partial charge is 0.494 e. The SMILES string of the molecule is CCOc1ccc(CNC(=O)C(=O)Nc2cccc(C(F)(F)F)c2)cc1. The van der Waals surface area contributed by atoms with E-state index in [0.29, 0.717) is 12.4 Å². The van der Waals surface area contributed by atoms with Crippen LogP contribution in [-0.4, -0.2) is 18.4 Å². The maximum atomic E-state index is 12.6. The molecule has 2 rings (SSSR count). The van der Waals surface area contributed by atoms with E-state index < -0.39 is 23.6 Å². The van der Waals surface area contributed by atoms with E-state index in [0.717, 1.165) is 23.8 Å². The Morgan fingerprint density at radius 3 is 2.35 bits per heavy atom. The Bertz CT molecular complexity index is 774. The molecular formula is C18H17F3N2O3. The minimum absolute atomic E-state index is 0.0985. The maximum Gasteiger partial charge on any atom is 0.416 e. The number of ether oxygens (including phenoxy) is 1. The molecule has 0 bridgehead atoms. The monoisotopic (exact) mass is 366 g/mol. The van der Waals surface area contributed by atoms with Gasteiger partial charge in [-0.1, -0.05) is 18.2 Å². The highest BCUT2D eigenvalue weighted by Crippen LogP contribution is 2.30. The van der Waals surface area contributed by atoms with Gasteiger partial charge in [0.2, 0.25) is 0 Å². The average Bonchev–Trinajstić information content (AvgIpc) is 2.60. The topological polar surface area (TPSA) is 67.4 Å². The molecule has 0 saturated heterocycles. The van der Waals surface area contributed by atoms with E-state index in [2.05, 4.69) is 10.6 Å². The first kappa shape index (κ1) is 19.3. The summed E-state index contributed by atoms with van der Waals surface area (Å²) in [4.78, 5) is 23.6. The molecule has 0 spiro atoms. The Kier molecular flexibility index (Phi) is 6.21. The number of amides is 2. The zero-order valence-corrected chi connectivity index (χ0v) is 13.9. The van der Waals surface area contributed by atoms with Gasteiger partial charge in [-0.2, -0.15) is 13.2 Å². The minimum Gasteiger partial charge on any atom is -0.494 e. The summed E-state index contributed by atoms with van der Waals surface area (Å²) in [6.07, 6.45) is -4.53. The first-order chi connectivity index (χ1) is 12.3. The van der Waals surface area contributed by atoms with Crippen LogP contribution in [0.1, 0.15) is 18.1 Å². The predicted octanol–water partition coefficient (Wildman–Crippen LogP) is 3.36. The highest BCUT2D eigenvalue weighted by atomic mass is 19.4. The zero-order valence-electron chi connectivity index (χ0n) is 13.9. The Hall–Kier alpha value is -3.03. The number of hydrogen-bond acceptors (Lipinski definition) is 3. The van der Waals surface area contributed by atoms with E-state index in [9.17, 15) is 22.8 Å². The summed E-state index contributed by atoms with van der Waals surface area (Å²) < 4.78 is 43.2. The molecule has 0 saturated carbocycles. The van der Waals surface area contributed by atoms with Gasteiger partial charge in [0.25, 0.3) is 0 Å². The molecule has 2 amide bonds. The van der Waals surface area contributed by atoms with Crippen LogP contribution in [0.15, 0.2) is 48.5 Å². The van der Waals surface area contributed by atoms with Gasteiger partial charge in [0, 0.05) is 12.2 Å². The van der Waals surface area contributed by atoms with Crippen LogP contribution in [0.5, 0.6) is 5.75 Å². The molecule has 2 N–H and O–H groups in total. The van der Waals surface area contributed by atoms with Gasteiger partial charge >= 0.3 is 18.0 Å². The highest BCUT2D eigenvalue weighted by molar-refractivity contribution is 6.39. The molecule has 0 aliphatic rings. The van der Waals surface area contributed by atoms with Crippen LogP contribution < -0.4 is 15.4 Å². The third-order valence-corrected chi connectivity index (χ3v) is 3.34. The van der Waals surface area contributed by atoms with E-state index in [1.165, 1.54) is 6.07 Å². The molecule has 8 heteroatoms. The number of hydrogen-bond donors (Lipinski definition) is 2. The highest BCUT2D eigenvalue weighted by Gasteiger charge is 2.30. The van der Waals surface area contributed by atoms with Crippen LogP contribution in [-0.2, 0) is 22.3 Å². The van der Waals surface area contributed by atoms with Gasteiger partial charge in [-0.05, 0) is 42.8 Å². The van der Waals surface area contributed by atoms with Crippen molar-refractivity contribution in [2.45, 2.75) is 19.6 Å². The molecule has 2 aromatic rings. The molecule has 0 unspecified atom stereocenters. The summed E-state index contributed by atoms with van der Waals surface area (Å²) >= 11 is 0. The van der Waals surface area contributed by atoms with Crippen LogP contribution in [0.25, 0.3) is 0 Å². The fourth-order valence-electron chi connectivity index (χ4n) is 2.09. The van der Waals surface area contributed by atoms with E-state index in [-0.39, 0.29) is 12.2 Å². The van der Waals surface area contributed by atoms with Crippen molar-refractivity contribution in [1.29, 1.82) is 0 Å². The predicted molar refractivity (Wildman–Crippen MR) is 89.5 cm³/mol. The second-order valence-corrected chi connectivity index (χ2v) is 5.29. The molecule has 26 heavy (non-hydrogen) atoms. The van der Waals surface area contributed by atoms with Gasteiger partial charge in [-0.25, -0.2) is 0 Å². The van der Waals surface area contributed by atoms with E-state index in [1.54, 1.807) is 24.3 Å².